The summed E-state index contributed by atoms with van der Waals surface area (Å²) in [6.07, 6.45) is 2.07. The molecule has 1 fully saturated rings. The number of rotatable bonds is 7. The van der Waals surface area contributed by atoms with E-state index in [9.17, 15) is 9.59 Å². The third-order valence-corrected chi connectivity index (χ3v) is 5.91. The number of amides is 1. The van der Waals surface area contributed by atoms with Crippen LogP contribution in [0.2, 0.25) is 0 Å². The minimum atomic E-state index is -0.755. The zero-order valence-electron chi connectivity index (χ0n) is 16.8. The second kappa shape index (κ2) is 8.75. The van der Waals surface area contributed by atoms with Gasteiger partial charge in [0.2, 0.25) is 0 Å². The lowest BCUT2D eigenvalue weighted by molar-refractivity contribution is -0.137. The summed E-state index contributed by atoms with van der Waals surface area (Å²) < 4.78 is 11.6. The summed E-state index contributed by atoms with van der Waals surface area (Å²) >= 11 is 0. The Labute approximate surface area is 175 Å². The van der Waals surface area contributed by atoms with Crippen LogP contribution in [0.25, 0.3) is 0 Å². The van der Waals surface area contributed by atoms with Gasteiger partial charge in [-0.2, -0.15) is 0 Å². The number of fused-ring (bicyclic) bond motifs is 2. The number of carbonyl (C=O) groups excluding carboxylic acids is 1. The summed E-state index contributed by atoms with van der Waals surface area (Å²) in [7, 11) is 0. The summed E-state index contributed by atoms with van der Waals surface area (Å²) in [5, 5.41) is 11.7. The molecule has 2 N–H and O–H groups in total. The molecule has 2 aliphatic rings. The predicted octanol–water partition coefficient (Wildman–Crippen LogP) is 2.90. The van der Waals surface area contributed by atoms with E-state index in [1.165, 1.54) is 5.56 Å². The molecule has 0 atom stereocenters. The van der Waals surface area contributed by atoms with Crippen molar-refractivity contribution >= 4 is 17.6 Å². The summed E-state index contributed by atoms with van der Waals surface area (Å²) in [4.78, 5) is 25.1. The molecule has 7 nitrogen and oxygen atoms in total. The number of carboxylic acids is 1. The first-order valence-electron chi connectivity index (χ1n) is 10.2. The Morgan fingerprint density at radius 1 is 1.13 bits per heavy atom. The zero-order valence-corrected chi connectivity index (χ0v) is 16.8. The molecule has 0 saturated carbocycles. The van der Waals surface area contributed by atoms with Gasteiger partial charge < -0.3 is 24.8 Å². The minimum absolute atomic E-state index is 0.0156. The van der Waals surface area contributed by atoms with Crippen molar-refractivity contribution in [3.8, 4) is 11.5 Å². The van der Waals surface area contributed by atoms with E-state index in [2.05, 4.69) is 10.2 Å². The number of likely N-dealkylation sites (tertiary alicyclic amines) is 1. The number of aliphatic carboxylic acids is 1. The van der Waals surface area contributed by atoms with E-state index in [1.54, 1.807) is 0 Å². The summed E-state index contributed by atoms with van der Waals surface area (Å²) in [5.41, 5.74) is 1.90. The van der Waals surface area contributed by atoms with Gasteiger partial charge in [-0.15, -0.1) is 0 Å². The topological polar surface area (TPSA) is 88.1 Å². The van der Waals surface area contributed by atoms with Crippen molar-refractivity contribution in [2.75, 3.05) is 38.2 Å². The molecule has 0 unspecified atom stereocenters. The van der Waals surface area contributed by atoms with Gasteiger partial charge in [0.25, 0.3) is 5.91 Å². The third-order valence-electron chi connectivity index (χ3n) is 5.91. The van der Waals surface area contributed by atoms with Crippen LogP contribution in [0.3, 0.4) is 0 Å². The molecule has 1 spiro atoms. The van der Waals surface area contributed by atoms with E-state index in [0.717, 1.165) is 37.4 Å². The maximum Gasteiger partial charge on any atom is 0.304 e. The summed E-state index contributed by atoms with van der Waals surface area (Å²) in [6.45, 7) is 2.89. The Hall–Kier alpha value is -3.06. The highest BCUT2D eigenvalue weighted by Gasteiger charge is 2.43. The smallest absolute Gasteiger partial charge is 0.304 e. The number of carboxylic acid groups (broad SMARTS) is 1. The largest absolute Gasteiger partial charge is 0.492 e. The zero-order chi connectivity index (χ0) is 21.0. The van der Waals surface area contributed by atoms with Gasteiger partial charge in [0.15, 0.2) is 6.61 Å². The van der Waals surface area contributed by atoms with E-state index >= 15 is 0 Å². The molecular weight excluding hydrogens is 384 g/mol. The highest BCUT2D eigenvalue weighted by Crippen LogP contribution is 2.46. The van der Waals surface area contributed by atoms with Crippen LogP contribution >= 0.6 is 0 Å². The molecule has 2 aromatic carbocycles. The average Bonchev–Trinajstić information content (AvgIpc) is 3.10. The Balaban J connectivity index is 1.33. The molecule has 4 rings (SSSR count). The third kappa shape index (κ3) is 4.57. The van der Waals surface area contributed by atoms with Crippen LogP contribution in [0.15, 0.2) is 48.5 Å². The molecule has 2 aliphatic heterocycles. The first kappa shape index (κ1) is 20.2. The Bertz CT molecular complexity index is 907. The van der Waals surface area contributed by atoms with Gasteiger partial charge in [0.05, 0.1) is 13.0 Å². The summed E-state index contributed by atoms with van der Waals surface area (Å²) in [5.74, 6) is 0.450. The molecule has 0 aliphatic carbocycles. The van der Waals surface area contributed by atoms with E-state index in [4.69, 9.17) is 14.6 Å². The van der Waals surface area contributed by atoms with Crippen LogP contribution in [0, 0.1) is 0 Å². The predicted molar refractivity (Wildman–Crippen MR) is 112 cm³/mol. The molecule has 7 heteroatoms. The lowest BCUT2D eigenvalue weighted by Crippen LogP contribution is -2.44. The first-order chi connectivity index (χ1) is 14.5. The molecule has 0 radical (unpaired) electrons. The molecule has 158 valence electrons. The monoisotopic (exact) mass is 410 g/mol. The fourth-order valence-corrected chi connectivity index (χ4v) is 4.18. The lowest BCUT2D eigenvalue weighted by Gasteiger charge is -2.38. The second-order valence-corrected chi connectivity index (χ2v) is 7.92. The molecule has 0 bridgehead atoms. The lowest BCUT2D eigenvalue weighted by atomic mass is 9.74. The SMILES string of the molecule is O=C(O)CCN1CCC2(CC1)COc1cc(OCC(=O)Nc3ccccc3)ccc12. The van der Waals surface area contributed by atoms with E-state index < -0.39 is 5.97 Å². The van der Waals surface area contributed by atoms with E-state index in [-0.39, 0.29) is 24.3 Å². The Morgan fingerprint density at radius 3 is 2.63 bits per heavy atom. The molecule has 1 saturated heterocycles. The number of para-hydroxylation sites is 1. The van der Waals surface area contributed by atoms with Crippen LogP contribution in [-0.2, 0) is 15.0 Å². The van der Waals surface area contributed by atoms with Crippen LogP contribution in [0.5, 0.6) is 11.5 Å². The molecule has 30 heavy (non-hydrogen) atoms. The van der Waals surface area contributed by atoms with Gasteiger partial charge in [0.1, 0.15) is 11.5 Å². The summed E-state index contributed by atoms with van der Waals surface area (Å²) in [6, 6.07) is 15.1. The number of carbonyl (C=O) groups is 2. The maximum atomic E-state index is 12.1. The Morgan fingerprint density at radius 2 is 1.90 bits per heavy atom. The fraction of sp³-hybridized carbons (Fsp3) is 0.391. The quantitative estimate of drug-likeness (QED) is 0.730. The standard InChI is InChI=1S/C23H26N2O5/c26-21(24-17-4-2-1-3-5-17)15-29-18-6-7-19-20(14-18)30-16-23(19)9-12-25(13-10-23)11-8-22(27)28/h1-7,14H,8-13,15-16H2,(H,24,26)(H,27,28). The molecule has 2 heterocycles. The highest BCUT2D eigenvalue weighted by molar-refractivity contribution is 5.91. The van der Waals surface area contributed by atoms with Gasteiger partial charge in [-0.05, 0) is 44.1 Å². The van der Waals surface area contributed by atoms with Gasteiger partial charge in [-0.3, -0.25) is 9.59 Å². The molecule has 0 aromatic heterocycles. The Kier molecular flexibility index (Phi) is 5.90. The van der Waals surface area contributed by atoms with Crippen LogP contribution in [0.4, 0.5) is 5.69 Å². The van der Waals surface area contributed by atoms with E-state index in [1.807, 2.05) is 48.5 Å². The van der Waals surface area contributed by atoms with Crippen molar-refractivity contribution in [2.24, 2.45) is 0 Å². The number of nitrogens with zero attached hydrogens (tertiary/aromatic N) is 1. The normalized spacial score (nSPS) is 17.2. The number of anilines is 1. The van der Waals surface area contributed by atoms with Crippen LogP contribution in [-0.4, -0.2) is 54.7 Å². The van der Waals surface area contributed by atoms with Crippen LogP contribution < -0.4 is 14.8 Å². The number of hydrogen-bond donors (Lipinski definition) is 2. The van der Waals surface area contributed by atoms with Gasteiger partial charge in [-0.1, -0.05) is 24.3 Å². The number of benzene rings is 2. The van der Waals surface area contributed by atoms with E-state index in [0.29, 0.717) is 18.9 Å². The van der Waals surface area contributed by atoms with Gasteiger partial charge >= 0.3 is 5.97 Å². The fourth-order valence-electron chi connectivity index (χ4n) is 4.18. The van der Waals surface area contributed by atoms with Crippen LogP contribution in [0.1, 0.15) is 24.8 Å². The van der Waals surface area contributed by atoms with Crippen molar-refractivity contribution < 1.29 is 24.2 Å². The van der Waals surface area contributed by atoms with Crippen molar-refractivity contribution in [2.45, 2.75) is 24.7 Å². The number of hydrogen-bond acceptors (Lipinski definition) is 5. The minimum Gasteiger partial charge on any atom is -0.492 e. The number of piperidine rings is 1. The second-order valence-electron chi connectivity index (χ2n) is 7.92. The van der Waals surface area contributed by atoms with Crippen molar-refractivity contribution in [1.29, 1.82) is 0 Å². The molecule has 1 amide bonds. The molecule has 2 aromatic rings. The van der Waals surface area contributed by atoms with Gasteiger partial charge in [0, 0.05) is 29.3 Å². The number of ether oxygens (including phenoxy) is 2. The van der Waals surface area contributed by atoms with Crippen molar-refractivity contribution in [1.82, 2.24) is 4.90 Å². The maximum absolute atomic E-state index is 12.1. The first-order valence-corrected chi connectivity index (χ1v) is 10.2. The molecular formula is C23H26N2O5. The van der Waals surface area contributed by atoms with Crippen molar-refractivity contribution in [3.63, 3.8) is 0 Å². The average molecular weight is 410 g/mol. The number of nitrogens with one attached hydrogen (secondary N) is 1. The van der Waals surface area contributed by atoms with Crippen molar-refractivity contribution in [3.05, 3.63) is 54.1 Å². The van der Waals surface area contributed by atoms with Gasteiger partial charge in [-0.25, -0.2) is 0 Å². The highest BCUT2D eigenvalue weighted by atomic mass is 16.5.